The molecule has 0 saturated heterocycles. The maximum Gasteiger partial charge on any atom is 0.247 e. The van der Waals surface area contributed by atoms with Crippen molar-refractivity contribution in [2.75, 3.05) is 27.9 Å². The maximum absolute atomic E-state index is 5.83. The highest BCUT2D eigenvalue weighted by Gasteiger charge is 2.38. The zero-order valence-electron chi connectivity index (χ0n) is 15.3. The van der Waals surface area contributed by atoms with Gasteiger partial charge in [0.05, 0.1) is 14.2 Å². The van der Waals surface area contributed by atoms with Crippen molar-refractivity contribution in [1.29, 1.82) is 0 Å². The van der Waals surface area contributed by atoms with Crippen LogP contribution in [0.2, 0.25) is 0 Å². The van der Waals surface area contributed by atoms with Crippen molar-refractivity contribution in [2.45, 2.75) is 32.5 Å². The fraction of sp³-hybridized carbons (Fsp3) is 0.500. The number of allylic oxidation sites excluding steroid dienone is 2. The van der Waals surface area contributed by atoms with E-state index in [1.807, 2.05) is 25.1 Å². The van der Waals surface area contributed by atoms with Crippen molar-refractivity contribution in [1.82, 2.24) is 0 Å². The minimum atomic E-state index is -0.903. The Morgan fingerprint density at radius 1 is 1.12 bits per heavy atom. The smallest absolute Gasteiger partial charge is 0.247 e. The molecule has 24 heavy (non-hydrogen) atoms. The zero-order valence-corrected chi connectivity index (χ0v) is 15.3. The van der Waals surface area contributed by atoms with Crippen molar-refractivity contribution >= 4 is 0 Å². The second-order valence-electron chi connectivity index (χ2n) is 5.92. The molecule has 0 amide bonds. The summed E-state index contributed by atoms with van der Waals surface area (Å²) in [6.45, 7) is 4.62. The number of hydrogen-bond donors (Lipinski definition) is 0. The molecular weight excluding hydrogens is 304 g/mol. The van der Waals surface area contributed by atoms with Gasteiger partial charge in [-0.25, -0.2) is 0 Å². The van der Waals surface area contributed by atoms with Crippen LogP contribution in [0.1, 0.15) is 25.8 Å². The topological polar surface area (TPSA) is 36.9 Å². The lowest BCUT2D eigenvalue weighted by atomic mass is 9.86. The standard InChI is InChI=1S/C20H28O4/c1-6-24-20(23-5)14-15(2)17(13-19(20)22-4)11-10-16-8-7-9-18(12-16)21-3/h7-9,12-14,17H,6,10-11H2,1-5H3. The molecule has 0 N–H and O–H groups in total. The summed E-state index contributed by atoms with van der Waals surface area (Å²) in [4.78, 5) is 0. The summed E-state index contributed by atoms with van der Waals surface area (Å²) >= 11 is 0. The third-order valence-electron chi connectivity index (χ3n) is 4.46. The van der Waals surface area contributed by atoms with Crippen LogP contribution in [0, 0.1) is 5.92 Å². The van der Waals surface area contributed by atoms with Crippen molar-refractivity contribution in [3.05, 3.63) is 53.3 Å². The molecule has 2 unspecified atom stereocenters. The lowest BCUT2D eigenvalue weighted by molar-refractivity contribution is -0.182. The van der Waals surface area contributed by atoms with Crippen LogP contribution in [0.25, 0.3) is 0 Å². The van der Waals surface area contributed by atoms with Crippen molar-refractivity contribution in [3.63, 3.8) is 0 Å². The van der Waals surface area contributed by atoms with Crippen molar-refractivity contribution in [2.24, 2.45) is 5.92 Å². The van der Waals surface area contributed by atoms with Gasteiger partial charge in [-0.2, -0.15) is 0 Å². The van der Waals surface area contributed by atoms with E-state index in [-0.39, 0.29) is 0 Å². The molecule has 4 nitrogen and oxygen atoms in total. The summed E-state index contributed by atoms with van der Waals surface area (Å²) in [5.74, 6) is 1.01. The number of hydrogen-bond acceptors (Lipinski definition) is 4. The molecule has 1 aromatic carbocycles. The molecule has 1 aliphatic rings. The molecule has 0 spiro atoms. The molecule has 0 fully saturated rings. The number of methoxy groups -OCH3 is 3. The van der Waals surface area contributed by atoms with Crippen LogP contribution in [0.4, 0.5) is 0 Å². The molecule has 1 aliphatic carbocycles. The molecule has 0 aromatic heterocycles. The van der Waals surface area contributed by atoms with Gasteiger partial charge in [0.25, 0.3) is 0 Å². The number of ether oxygens (including phenoxy) is 4. The highest BCUT2D eigenvalue weighted by Crippen LogP contribution is 2.36. The van der Waals surface area contributed by atoms with E-state index in [9.17, 15) is 0 Å². The summed E-state index contributed by atoms with van der Waals surface area (Å²) in [7, 11) is 4.99. The average molecular weight is 332 g/mol. The van der Waals surface area contributed by atoms with Gasteiger partial charge in [0, 0.05) is 19.6 Å². The average Bonchev–Trinajstić information content (AvgIpc) is 2.61. The van der Waals surface area contributed by atoms with E-state index in [0.717, 1.165) is 18.6 Å². The number of rotatable bonds is 8. The number of aryl methyl sites for hydroxylation is 1. The van der Waals surface area contributed by atoms with Gasteiger partial charge < -0.3 is 18.9 Å². The van der Waals surface area contributed by atoms with Gasteiger partial charge in [0.2, 0.25) is 5.79 Å². The predicted octanol–water partition coefficient (Wildman–Crippen LogP) is 4.11. The Balaban J connectivity index is 2.14. The molecule has 0 bridgehead atoms. The lowest BCUT2D eigenvalue weighted by Gasteiger charge is -2.35. The van der Waals surface area contributed by atoms with Gasteiger partial charge in [0.15, 0.2) is 5.76 Å². The van der Waals surface area contributed by atoms with Crippen molar-refractivity contribution in [3.8, 4) is 5.75 Å². The third kappa shape index (κ3) is 4.00. The second kappa shape index (κ2) is 8.36. The summed E-state index contributed by atoms with van der Waals surface area (Å²) in [6.07, 6.45) is 6.11. The SMILES string of the molecule is CCOC1(OC)C=C(C)C(CCc2cccc(OC)c2)C=C1OC. The molecule has 1 aromatic rings. The van der Waals surface area contributed by atoms with Crippen LogP contribution >= 0.6 is 0 Å². The van der Waals surface area contributed by atoms with Crippen LogP contribution in [0.15, 0.2) is 47.7 Å². The molecular formula is C20H28O4. The Bertz CT molecular complexity index is 605. The Labute approximate surface area is 145 Å². The van der Waals surface area contributed by atoms with E-state index in [1.165, 1.54) is 11.1 Å². The van der Waals surface area contributed by atoms with E-state index in [1.54, 1.807) is 21.3 Å². The third-order valence-corrected chi connectivity index (χ3v) is 4.46. The first-order valence-electron chi connectivity index (χ1n) is 8.36. The molecule has 0 heterocycles. The number of benzene rings is 1. The predicted molar refractivity (Wildman–Crippen MR) is 95.0 cm³/mol. The van der Waals surface area contributed by atoms with Gasteiger partial charge >= 0.3 is 0 Å². The molecule has 0 radical (unpaired) electrons. The first-order chi connectivity index (χ1) is 11.6. The normalized spacial score (nSPS) is 23.5. The van der Waals surface area contributed by atoms with E-state index < -0.39 is 5.79 Å². The fourth-order valence-electron chi connectivity index (χ4n) is 3.13. The Morgan fingerprint density at radius 2 is 1.92 bits per heavy atom. The van der Waals surface area contributed by atoms with Crippen LogP contribution < -0.4 is 4.74 Å². The Morgan fingerprint density at radius 3 is 2.54 bits per heavy atom. The van der Waals surface area contributed by atoms with E-state index >= 15 is 0 Å². The van der Waals surface area contributed by atoms with Gasteiger partial charge in [-0.15, -0.1) is 0 Å². The van der Waals surface area contributed by atoms with E-state index in [2.05, 4.69) is 25.1 Å². The molecule has 2 atom stereocenters. The molecule has 132 valence electrons. The van der Waals surface area contributed by atoms with Gasteiger partial charge in [-0.05, 0) is 56.5 Å². The molecule has 0 aliphatic heterocycles. The Kier molecular flexibility index (Phi) is 6.46. The van der Waals surface area contributed by atoms with E-state index in [0.29, 0.717) is 18.3 Å². The highest BCUT2D eigenvalue weighted by atomic mass is 16.7. The highest BCUT2D eigenvalue weighted by molar-refractivity contribution is 5.32. The van der Waals surface area contributed by atoms with E-state index in [4.69, 9.17) is 18.9 Å². The van der Waals surface area contributed by atoms with Gasteiger partial charge in [-0.1, -0.05) is 17.7 Å². The largest absolute Gasteiger partial charge is 0.497 e. The fourth-order valence-corrected chi connectivity index (χ4v) is 3.13. The molecule has 4 heteroatoms. The lowest BCUT2D eigenvalue weighted by Crippen LogP contribution is -2.39. The summed E-state index contributed by atoms with van der Waals surface area (Å²) < 4.78 is 22.3. The quantitative estimate of drug-likeness (QED) is 0.530. The van der Waals surface area contributed by atoms with Gasteiger partial charge in [0.1, 0.15) is 5.75 Å². The summed E-state index contributed by atoms with van der Waals surface area (Å²) in [6, 6.07) is 8.21. The monoisotopic (exact) mass is 332 g/mol. The summed E-state index contributed by atoms with van der Waals surface area (Å²) in [5.41, 5.74) is 2.50. The molecule has 2 rings (SSSR count). The van der Waals surface area contributed by atoms with Gasteiger partial charge in [-0.3, -0.25) is 0 Å². The maximum atomic E-state index is 5.83. The van der Waals surface area contributed by atoms with Crippen molar-refractivity contribution < 1.29 is 18.9 Å². The minimum Gasteiger partial charge on any atom is -0.497 e. The first-order valence-corrected chi connectivity index (χ1v) is 8.36. The Hall–Kier alpha value is -1.78. The zero-order chi connectivity index (χ0) is 17.6. The van der Waals surface area contributed by atoms with Crippen LogP contribution in [0.3, 0.4) is 0 Å². The van der Waals surface area contributed by atoms with Crippen LogP contribution in [-0.4, -0.2) is 33.7 Å². The summed E-state index contributed by atoms with van der Waals surface area (Å²) in [5, 5.41) is 0. The minimum absolute atomic E-state index is 0.301. The van der Waals surface area contributed by atoms with Crippen LogP contribution in [0.5, 0.6) is 5.75 Å². The van der Waals surface area contributed by atoms with Crippen LogP contribution in [-0.2, 0) is 20.6 Å². The first kappa shape index (κ1) is 18.6. The second-order valence-corrected chi connectivity index (χ2v) is 5.92. The molecule has 0 saturated carbocycles.